The van der Waals surface area contributed by atoms with Gasteiger partial charge in [0.1, 0.15) is 0 Å². The molecule has 468 valence electrons. The first kappa shape index (κ1) is 84.4. The maximum absolute atomic E-state index is 5.39. The first-order valence-corrected chi connectivity index (χ1v) is 31.7. The van der Waals surface area contributed by atoms with E-state index in [1.54, 1.807) is 11.1 Å². The normalized spacial score (nSPS) is 31.9. The molecule has 6 fully saturated rings. The molecule has 6 aliphatic carbocycles. The smallest absolute Gasteiger partial charge is 0.0547 e. The van der Waals surface area contributed by atoms with E-state index in [2.05, 4.69) is 161 Å². The van der Waals surface area contributed by atoms with E-state index in [0.29, 0.717) is 12.2 Å². The van der Waals surface area contributed by atoms with Crippen LogP contribution in [0.2, 0.25) is 0 Å². The summed E-state index contributed by atoms with van der Waals surface area (Å²) in [4.78, 5) is 0. The van der Waals surface area contributed by atoms with Crippen molar-refractivity contribution in [1.29, 1.82) is 0 Å². The fourth-order valence-corrected chi connectivity index (χ4v) is 10.6. The molecule has 0 radical (unpaired) electrons. The van der Waals surface area contributed by atoms with Crippen LogP contribution in [-0.2, 0) is 9.47 Å². The van der Waals surface area contributed by atoms with Gasteiger partial charge >= 0.3 is 0 Å². The second kappa shape index (κ2) is 51.5. The summed E-state index contributed by atoms with van der Waals surface area (Å²) in [5, 5.41) is 0. The van der Waals surface area contributed by atoms with Crippen LogP contribution in [0.15, 0.2) is 47.6 Å². The zero-order valence-corrected chi connectivity index (χ0v) is 52.2. The number of ether oxygens (including phenoxy) is 2. The van der Waals surface area contributed by atoms with Crippen LogP contribution in [0, 0.1) is 84.9 Å². The predicted octanol–water partition coefficient (Wildman–Crippen LogP) is 26.7. The Hall–Kier alpha value is -1.38. The highest BCUT2D eigenvalue weighted by atomic mass is 16.5. The lowest BCUT2D eigenvalue weighted by atomic mass is 9.84. The van der Waals surface area contributed by atoms with Crippen molar-refractivity contribution in [3.8, 4) is 0 Å². The van der Waals surface area contributed by atoms with E-state index >= 15 is 0 Å². The van der Waals surface area contributed by atoms with E-state index in [4.69, 9.17) is 9.47 Å². The van der Waals surface area contributed by atoms with E-state index in [1.165, 1.54) is 178 Å². The molecule has 77 heavy (non-hydrogen) atoms. The zero-order valence-electron chi connectivity index (χ0n) is 52.2. The van der Waals surface area contributed by atoms with Gasteiger partial charge < -0.3 is 9.47 Å². The maximum Gasteiger partial charge on any atom is 0.0547 e. The molecule has 1 aromatic carbocycles. The van der Waals surface area contributed by atoms with Gasteiger partial charge in [-0.1, -0.05) is 282 Å². The summed E-state index contributed by atoms with van der Waals surface area (Å²) in [5.74, 6) is 11.6. The summed E-state index contributed by atoms with van der Waals surface area (Å²) < 4.78 is 10.8. The molecule has 0 spiro atoms. The van der Waals surface area contributed by atoms with Gasteiger partial charge in [-0.3, -0.25) is 0 Å². The molecule has 2 nitrogen and oxygen atoms in total. The molecular weight excluding hydrogens is 933 g/mol. The van der Waals surface area contributed by atoms with Crippen molar-refractivity contribution in [2.45, 2.75) is 341 Å². The van der Waals surface area contributed by atoms with Gasteiger partial charge in [-0.05, 0) is 177 Å². The lowest BCUT2D eigenvalue weighted by molar-refractivity contribution is 0.000174. The van der Waals surface area contributed by atoms with Crippen LogP contribution in [0.25, 0.3) is 0 Å². The lowest BCUT2D eigenvalue weighted by Crippen LogP contribution is -2.21. The third-order valence-corrected chi connectivity index (χ3v) is 17.7. The summed E-state index contributed by atoms with van der Waals surface area (Å²) in [5.41, 5.74) is 5.83. The van der Waals surface area contributed by atoms with Gasteiger partial charge in [0.25, 0.3) is 0 Å². The first-order chi connectivity index (χ1) is 34.1. The van der Waals surface area contributed by atoms with Gasteiger partial charge in [-0.2, -0.15) is 0 Å². The Labute approximate surface area is 495 Å². The fourth-order valence-electron chi connectivity index (χ4n) is 10.6. The van der Waals surface area contributed by atoms with Gasteiger partial charge in [0.2, 0.25) is 0 Å². The molecule has 2 saturated heterocycles. The SMILES string of the molecule is C.C.C.C.C.CC1=CCC(C)CC1.CC1=CCC(C)CC1.CC1CCC(C)CC1.CC1CCC(C)CC1.CC1CCC(C)CC1.CC1CCC(C)CC1.CC1CCC(C)OC1.CC1CCC(C)OC1.Cc1ccc(C)cc1.[2HH].[HH].[HH]. The van der Waals surface area contributed by atoms with E-state index in [0.717, 1.165) is 84.2 Å². The van der Waals surface area contributed by atoms with Crippen molar-refractivity contribution in [2.24, 2.45) is 71.0 Å². The Kier molecular flexibility index (Phi) is 56.5. The van der Waals surface area contributed by atoms with E-state index in [-0.39, 0.29) is 41.4 Å². The predicted molar refractivity (Wildman–Crippen MR) is 364 cm³/mol. The Morgan fingerprint density at radius 1 is 0.286 bits per heavy atom. The highest BCUT2D eigenvalue weighted by molar-refractivity contribution is 5.19. The highest BCUT2D eigenvalue weighted by Crippen LogP contribution is 2.30. The van der Waals surface area contributed by atoms with Gasteiger partial charge in [-0.15, -0.1) is 0 Å². The molecule has 9 rings (SSSR count). The van der Waals surface area contributed by atoms with E-state index < -0.39 is 0 Å². The van der Waals surface area contributed by atoms with Crippen LogP contribution in [0.3, 0.4) is 0 Å². The molecule has 0 bridgehead atoms. The van der Waals surface area contributed by atoms with Crippen LogP contribution in [0.5, 0.6) is 0 Å². The minimum atomic E-state index is 0. The van der Waals surface area contributed by atoms with Crippen molar-refractivity contribution in [3.63, 3.8) is 0 Å². The van der Waals surface area contributed by atoms with E-state index in [1.807, 2.05) is 0 Å². The topological polar surface area (TPSA) is 18.5 Å². The van der Waals surface area contributed by atoms with Crippen LogP contribution < -0.4 is 0 Å². The number of allylic oxidation sites excluding steroid dienone is 4. The summed E-state index contributed by atoms with van der Waals surface area (Å²) in [6, 6.07) is 8.48. The average Bonchev–Trinajstić information content (AvgIpc) is 3.36. The number of rotatable bonds is 0. The number of aryl methyl sites for hydroxylation is 2. The molecule has 1 aromatic rings. The zero-order chi connectivity index (χ0) is 53.8. The van der Waals surface area contributed by atoms with E-state index in [9.17, 15) is 0 Å². The van der Waals surface area contributed by atoms with Crippen LogP contribution in [0.4, 0.5) is 0 Å². The van der Waals surface area contributed by atoms with Crippen LogP contribution in [0.1, 0.15) is 330 Å². The van der Waals surface area contributed by atoms with Crippen molar-refractivity contribution in [1.82, 2.24) is 0 Å². The summed E-state index contributed by atoms with van der Waals surface area (Å²) in [6.07, 6.45) is 42.7. The van der Waals surface area contributed by atoms with Gasteiger partial charge in [0.05, 0.1) is 12.2 Å². The average molecular weight is 1090 g/mol. The minimum Gasteiger partial charge on any atom is -0.378 e. The van der Waals surface area contributed by atoms with Gasteiger partial charge in [0, 0.05) is 17.5 Å². The Morgan fingerprint density at radius 2 is 0.481 bits per heavy atom. The third kappa shape index (κ3) is 50.1. The molecular formula is C75H156O2. The van der Waals surface area contributed by atoms with Crippen molar-refractivity contribution in [3.05, 3.63) is 58.7 Å². The number of hydrogen-bond donors (Lipinski definition) is 0. The molecule has 0 aromatic heterocycles. The van der Waals surface area contributed by atoms with Gasteiger partial charge in [0.15, 0.2) is 0 Å². The lowest BCUT2D eigenvalue weighted by Gasteiger charge is -2.23. The molecule has 2 aliphatic heterocycles. The monoisotopic (exact) mass is 1090 g/mol. The van der Waals surface area contributed by atoms with Crippen molar-refractivity contribution >= 4 is 0 Å². The molecule has 6 unspecified atom stereocenters. The molecule has 0 amide bonds. The van der Waals surface area contributed by atoms with Crippen LogP contribution >= 0.6 is 0 Å². The summed E-state index contributed by atoms with van der Waals surface area (Å²) in [6.45, 7) is 42.9. The third-order valence-electron chi connectivity index (χ3n) is 17.7. The molecule has 8 aliphatic rings. The Balaban J connectivity index is -0.000000120. The van der Waals surface area contributed by atoms with Crippen molar-refractivity contribution in [2.75, 3.05) is 13.2 Å². The molecule has 2 heterocycles. The van der Waals surface area contributed by atoms with Crippen LogP contribution in [-0.4, -0.2) is 25.4 Å². The Bertz CT molecular complexity index is 1160. The summed E-state index contributed by atoms with van der Waals surface area (Å²) in [7, 11) is 0. The minimum absolute atomic E-state index is 0. The number of hydrogen-bond acceptors (Lipinski definition) is 2. The molecule has 2 heteroatoms. The quantitative estimate of drug-likeness (QED) is 0.241. The first-order valence-electron chi connectivity index (χ1n) is 31.7. The number of benzene rings is 1. The van der Waals surface area contributed by atoms with Crippen molar-refractivity contribution < 1.29 is 13.8 Å². The summed E-state index contributed by atoms with van der Waals surface area (Å²) >= 11 is 0. The Morgan fingerprint density at radius 3 is 0.610 bits per heavy atom. The maximum atomic E-state index is 5.39. The van der Waals surface area contributed by atoms with Gasteiger partial charge in [-0.25, -0.2) is 0 Å². The highest BCUT2D eigenvalue weighted by Gasteiger charge is 2.17. The second-order valence-corrected chi connectivity index (χ2v) is 27.1. The molecule has 6 atom stereocenters. The molecule has 0 N–H and O–H groups in total. The standard InChI is InChI=1S/4C8H16.2C8H14.C8H10.2C7H14O.5CH4.3H2/c7*1-7-3-5-8(2)6-4-7;2*1-6-3-4-7(2)8-5-6;;;;;;;;/h4*7-8H,3-6H2,1-2H3;2*3,8H,4-6H2,1-2H3;3-6H,1-2H3;2*6-7H,3-5H2,1-2H3;5*1H4;3*1H/i;;;;;;;;;;;;;;1+1;;. The fraction of sp³-hybridized carbons (Fsp3) is 0.867. The largest absolute Gasteiger partial charge is 0.378 e. The second-order valence-electron chi connectivity index (χ2n) is 27.1. The molecule has 4 saturated carbocycles.